The number of aryl methyl sites for hydroxylation is 1. The van der Waals surface area contributed by atoms with Crippen LogP contribution in [0.1, 0.15) is 28.8 Å². The molecule has 4 aromatic rings. The zero-order valence-corrected chi connectivity index (χ0v) is 18.8. The largest absolute Gasteiger partial charge is 0.376 e. The number of carbonyl (C=O) groups is 1. The standard InChI is InChI=1S/C22H20ClN5O3S/c1-12-4-6-14(23)10-17(12)25-21-27-28-20(30)16-7-5-13(9-18(16)26-22(28)32-21)19(29)24-11-15-3-2-8-31-15/h4-7,9-10,15H,2-3,8,11H2,1H3,(H,24,29)(H,25,27)/t15-/m0/s1. The summed E-state index contributed by atoms with van der Waals surface area (Å²) in [5.74, 6) is -0.215. The van der Waals surface area contributed by atoms with Crippen molar-refractivity contribution in [2.24, 2.45) is 0 Å². The molecule has 2 aromatic carbocycles. The summed E-state index contributed by atoms with van der Waals surface area (Å²) in [6, 6.07) is 10.4. The maximum atomic E-state index is 13.0. The van der Waals surface area contributed by atoms with Crippen LogP contribution >= 0.6 is 22.9 Å². The third-order valence-electron chi connectivity index (χ3n) is 5.41. The van der Waals surface area contributed by atoms with Gasteiger partial charge < -0.3 is 15.4 Å². The molecule has 2 N–H and O–H groups in total. The van der Waals surface area contributed by atoms with E-state index >= 15 is 0 Å². The summed E-state index contributed by atoms with van der Waals surface area (Å²) in [5.41, 5.74) is 2.42. The summed E-state index contributed by atoms with van der Waals surface area (Å²) in [7, 11) is 0. The van der Waals surface area contributed by atoms with Gasteiger partial charge in [-0.25, -0.2) is 4.98 Å². The van der Waals surface area contributed by atoms with Crippen LogP contribution < -0.4 is 16.2 Å². The molecule has 1 aliphatic heterocycles. The predicted molar refractivity (Wildman–Crippen MR) is 125 cm³/mol. The first-order valence-electron chi connectivity index (χ1n) is 10.2. The molecule has 0 radical (unpaired) electrons. The van der Waals surface area contributed by atoms with Gasteiger partial charge in [-0.15, -0.1) is 5.10 Å². The molecular formula is C22H20ClN5O3S. The molecule has 8 nitrogen and oxygen atoms in total. The molecule has 1 saturated heterocycles. The number of ether oxygens (including phenoxy) is 1. The Balaban J connectivity index is 1.44. The van der Waals surface area contributed by atoms with Crippen molar-refractivity contribution in [1.29, 1.82) is 0 Å². The van der Waals surface area contributed by atoms with E-state index in [0.717, 1.165) is 30.7 Å². The fourth-order valence-corrected chi connectivity index (χ4v) is 4.64. The first kappa shape index (κ1) is 20.9. The predicted octanol–water partition coefficient (Wildman–Crippen LogP) is 3.92. The number of anilines is 2. The maximum Gasteiger partial charge on any atom is 0.283 e. The third-order valence-corrected chi connectivity index (χ3v) is 6.47. The van der Waals surface area contributed by atoms with Gasteiger partial charge in [0, 0.05) is 29.4 Å². The third kappa shape index (κ3) is 4.06. The first-order valence-corrected chi connectivity index (χ1v) is 11.4. The van der Waals surface area contributed by atoms with E-state index in [1.54, 1.807) is 24.3 Å². The SMILES string of the molecule is Cc1ccc(Cl)cc1Nc1nn2c(=O)c3ccc(C(=O)NC[C@@H]4CCCO4)cc3nc2s1. The monoisotopic (exact) mass is 469 g/mol. The fourth-order valence-electron chi connectivity index (χ4n) is 3.66. The summed E-state index contributed by atoms with van der Waals surface area (Å²) in [5, 5.41) is 12.0. The Morgan fingerprint density at radius 2 is 2.19 bits per heavy atom. The number of rotatable bonds is 5. The zero-order valence-electron chi connectivity index (χ0n) is 17.2. The van der Waals surface area contributed by atoms with Crippen LogP contribution in [-0.4, -0.2) is 39.8 Å². The van der Waals surface area contributed by atoms with E-state index in [2.05, 4.69) is 20.7 Å². The molecule has 0 bridgehead atoms. The minimum Gasteiger partial charge on any atom is -0.376 e. The molecule has 0 unspecified atom stereocenters. The summed E-state index contributed by atoms with van der Waals surface area (Å²) < 4.78 is 6.81. The molecule has 3 heterocycles. The van der Waals surface area contributed by atoms with Crippen molar-refractivity contribution < 1.29 is 9.53 Å². The number of aromatic nitrogens is 3. The number of carbonyl (C=O) groups excluding carboxylic acids is 1. The Morgan fingerprint density at radius 1 is 1.31 bits per heavy atom. The molecule has 10 heteroatoms. The van der Waals surface area contributed by atoms with Crippen LogP contribution in [0.4, 0.5) is 10.8 Å². The smallest absolute Gasteiger partial charge is 0.283 e. The van der Waals surface area contributed by atoms with E-state index in [-0.39, 0.29) is 17.6 Å². The molecule has 0 spiro atoms. The molecule has 1 aliphatic rings. The lowest BCUT2D eigenvalue weighted by Crippen LogP contribution is -2.31. The number of halogens is 1. The zero-order chi connectivity index (χ0) is 22.2. The lowest BCUT2D eigenvalue weighted by molar-refractivity contribution is 0.0858. The van der Waals surface area contributed by atoms with Crippen molar-refractivity contribution in [3.8, 4) is 0 Å². The molecule has 32 heavy (non-hydrogen) atoms. The molecule has 1 atom stereocenters. The lowest BCUT2D eigenvalue weighted by Gasteiger charge is -2.11. The van der Waals surface area contributed by atoms with Gasteiger partial charge in [0.1, 0.15) is 0 Å². The van der Waals surface area contributed by atoms with Crippen molar-refractivity contribution in [1.82, 2.24) is 19.9 Å². The highest BCUT2D eigenvalue weighted by atomic mass is 35.5. The topological polar surface area (TPSA) is 97.6 Å². The van der Waals surface area contributed by atoms with Gasteiger partial charge in [-0.3, -0.25) is 9.59 Å². The number of fused-ring (bicyclic) bond motifs is 2. The van der Waals surface area contributed by atoms with Gasteiger partial charge in [-0.1, -0.05) is 29.0 Å². The fraction of sp³-hybridized carbons (Fsp3) is 0.273. The molecule has 0 aliphatic carbocycles. The number of nitrogens with one attached hydrogen (secondary N) is 2. The van der Waals surface area contributed by atoms with Crippen LogP contribution in [0.5, 0.6) is 0 Å². The molecule has 1 amide bonds. The van der Waals surface area contributed by atoms with Gasteiger partial charge in [-0.05, 0) is 55.7 Å². The van der Waals surface area contributed by atoms with Crippen molar-refractivity contribution in [2.45, 2.75) is 25.9 Å². The highest BCUT2D eigenvalue weighted by Gasteiger charge is 2.18. The number of nitrogens with zero attached hydrogens (tertiary/aromatic N) is 3. The van der Waals surface area contributed by atoms with Gasteiger partial charge in [-0.2, -0.15) is 4.52 Å². The van der Waals surface area contributed by atoms with Crippen LogP contribution in [0.15, 0.2) is 41.2 Å². The molecule has 1 fully saturated rings. The lowest BCUT2D eigenvalue weighted by atomic mass is 10.1. The van der Waals surface area contributed by atoms with Gasteiger partial charge in [0.05, 0.1) is 17.0 Å². The van der Waals surface area contributed by atoms with Crippen LogP contribution in [0, 0.1) is 6.92 Å². The maximum absolute atomic E-state index is 13.0. The number of benzene rings is 2. The molecule has 164 valence electrons. The van der Waals surface area contributed by atoms with Crippen LogP contribution in [0.3, 0.4) is 0 Å². The molecular weight excluding hydrogens is 450 g/mol. The molecule has 0 saturated carbocycles. The summed E-state index contributed by atoms with van der Waals surface area (Å²) >= 11 is 7.34. The highest BCUT2D eigenvalue weighted by molar-refractivity contribution is 7.20. The average Bonchev–Trinajstić information content (AvgIpc) is 3.44. The number of hydrogen-bond acceptors (Lipinski definition) is 7. The molecule has 5 rings (SSSR count). The van der Waals surface area contributed by atoms with Crippen molar-refractivity contribution in [2.75, 3.05) is 18.5 Å². The van der Waals surface area contributed by atoms with Crippen molar-refractivity contribution in [3.05, 3.63) is 62.9 Å². The van der Waals surface area contributed by atoms with Gasteiger partial charge in [0.15, 0.2) is 0 Å². The summed E-state index contributed by atoms with van der Waals surface area (Å²) in [6.07, 6.45) is 2.03. The minimum absolute atomic E-state index is 0.0630. The van der Waals surface area contributed by atoms with E-state index < -0.39 is 0 Å². The highest BCUT2D eigenvalue weighted by Crippen LogP contribution is 2.27. The van der Waals surface area contributed by atoms with Crippen LogP contribution in [-0.2, 0) is 4.74 Å². The van der Waals surface area contributed by atoms with E-state index in [1.807, 2.05) is 19.1 Å². The van der Waals surface area contributed by atoms with Crippen LogP contribution in [0.2, 0.25) is 5.02 Å². The minimum atomic E-state index is -0.288. The summed E-state index contributed by atoms with van der Waals surface area (Å²) in [4.78, 5) is 30.5. The Hall–Kier alpha value is -3.01. The van der Waals surface area contributed by atoms with E-state index in [9.17, 15) is 9.59 Å². The van der Waals surface area contributed by atoms with Crippen LogP contribution in [0.25, 0.3) is 15.9 Å². The second-order valence-corrected chi connectivity index (χ2v) is 9.07. The Morgan fingerprint density at radius 3 is 3.00 bits per heavy atom. The van der Waals surface area contributed by atoms with Crippen molar-refractivity contribution >= 4 is 55.5 Å². The second kappa shape index (κ2) is 8.50. The second-order valence-electron chi connectivity index (χ2n) is 7.68. The van der Waals surface area contributed by atoms with Gasteiger partial charge >= 0.3 is 0 Å². The quantitative estimate of drug-likeness (QED) is 0.459. The molecule has 2 aromatic heterocycles. The Kier molecular flexibility index (Phi) is 5.54. The first-order chi connectivity index (χ1) is 15.5. The normalized spacial score (nSPS) is 16.0. The van der Waals surface area contributed by atoms with E-state index in [4.69, 9.17) is 16.3 Å². The number of hydrogen-bond donors (Lipinski definition) is 2. The van der Waals surface area contributed by atoms with E-state index in [1.165, 1.54) is 15.9 Å². The van der Waals surface area contributed by atoms with E-state index in [0.29, 0.717) is 38.1 Å². The van der Waals surface area contributed by atoms with Crippen molar-refractivity contribution in [3.63, 3.8) is 0 Å². The number of amides is 1. The Labute approximate surface area is 192 Å². The van der Waals surface area contributed by atoms with Gasteiger partial charge in [0.25, 0.3) is 11.5 Å². The van der Waals surface area contributed by atoms with Gasteiger partial charge in [0.2, 0.25) is 10.1 Å². The average molecular weight is 470 g/mol. The summed E-state index contributed by atoms with van der Waals surface area (Å²) in [6.45, 7) is 3.16. The Bertz CT molecular complexity index is 1390.